The molecule has 1 aromatic carbocycles. The van der Waals surface area contributed by atoms with Crippen molar-refractivity contribution in [1.82, 2.24) is 0 Å². The summed E-state index contributed by atoms with van der Waals surface area (Å²) in [5.41, 5.74) is 0.940. The Morgan fingerprint density at radius 1 is 1.50 bits per heavy atom. The van der Waals surface area contributed by atoms with Gasteiger partial charge in [-0.25, -0.2) is 9.79 Å². The molecule has 0 atom stereocenters. The van der Waals surface area contributed by atoms with E-state index in [9.17, 15) is 9.90 Å². The molecule has 0 bridgehead atoms. The van der Waals surface area contributed by atoms with Gasteiger partial charge in [-0.15, -0.1) is 0 Å². The van der Waals surface area contributed by atoms with Crippen LogP contribution in [-0.4, -0.2) is 24.1 Å². The summed E-state index contributed by atoms with van der Waals surface area (Å²) in [5, 5.41) is 9.70. The molecule has 94 valence electrons. The summed E-state index contributed by atoms with van der Waals surface area (Å²) in [7, 11) is 1.47. The van der Waals surface area contributed by atoms with E-state index < -0.39 is 5.97 Å². The minimum Gasteiger partial charge on any atom is -0.504 e. The van der Waals surface area contributed by atoms with Gasteiger partial charge in [0.15, 0.2) is 23.1 Å². The molecule has 0 amide bonds. The molecule has 1 aromatic rings. The predicted molar refractivity (Wildman–Crippen MR) is 74.6 cm³/mol. The molecule has 0 fully saturated rings. The van der Waals surface area contributed by atoms with E-state index in [1.807, 2.05) is 22.6 Å². The lowest BCUT2D eigenvalue weighted by Gasteiger charge is -2.06. The number of aliphatic imine (C=N–C) groups is 1. The van der Waals surface area contributed by atoms with Gasteiger partial charge in [-0.1, -0.05) is 0 Å². The smallest absolute Gasteiger partial charge is 0.363 e. The first kappa shape index (κ1) is 12.9. The summed E-state index contributed by atoms with van der Waals surface area (Å²) in [6, 6.07) is 3.35. The fraction of sp³-hybridized carbons (Fsp3) is 0.167. The van der Waals surface area contributed by atoms with Crippen molar-refractivity contribution in [3.63, 3.8) is 0 Å². The molecule has 0 unspecified atom stereocenters. The first-order valence-corrected chi connectivity index (χ1v) is 6.15. The highest BCUT2D eigenvalue weighted by Gasteiger charge is 2.20. The molecule has 2 rings (SSSR count). The second-order valence-corrected chi connectivity index (χ2v) is 4.77. The standard InChI is InChI=1S/C12H10INO4/c1-6-14-9(12(16)18-6)4-7-3-8(13)11(15)10(5-7)17-2/h3-5,15H,1-2H3. The molecule has 1 aliphatic heterocycles. The number of benzene rings is 1. The summed E-state index contributed by atoms with van der Waals surface area (Å²) in [6.45, 7) is 1.61. The third kappa shape index (κ3) is 2.47. The fourth-order valence-corrected chi connectivity index (χ4v) is 2.13. The van der Waals surface area contributed by atoms with E-state index in [2.05, 4.69) is 4.99 Å². The van der Waals surface area contributed by atoms with E-state index in [-0.39, 0.29) is 11.4 Å². The Morgan fingerprint density at radius 2 is 2.22 bits per heavy atom. The van der Waals surface area contributed by atoms with Crippen molar-refractivity contribution in [3.8, 4) is 11.5 Å². The third-order valence-corrected chi connectivity index (χ3v) is 3.12. The Bertz CT molecular complexity index is 578. The Hall–Kier alpha value is -1.57. The van der Waals surface area contributed by atoms with Crippen LogP contribution in [0.3, 0.4) is 0 Å². The molecular formula is C12H10INO4. The molecule has 1 heterocycles. The highest BCUT2D eigenvalue weighted by atomic mass is 127. The molecular weight excluding hydrogens is 349 g/mol. The lowest BCUT2D eigenvalue weighted by atomic mass is 10.1. The van der Waals surface area contributed by atoms with Crippen LogP contribution in [0.2, 0.25) is 0 Å². The summed E-state index contributed by atoms with van der Waals surface area (Å²) < 4.78 is 10.5. The van der Waals surface area contributed by atoms with Crippen molar-refractivity contribution in [2.45, 2.75) is 6.92 Å². The SMILES string of the molecule is COc1cc(C=C2N=C(C)OC2=O)cc(I)c1O. The summed E-state index contributed by atoms with van der Waals surface area (Å²) >= 11 is 1.98. The van der Waals surface area contributed by atoms with Gasteiger partial charge in [-0.05, 0) is 46.4 Å². The number of aromatic hydroxyl groups is 1. The van der Waals surface area contributed by atoms with Crippen molar-refractivity contribution in [3.05, 3.63) is 27.0 Å². The quantitative estimate of drug-likeness (QED) is 0.500. The number of carbonyl (C=O) groups is 1. The molecule has 0 saturated carbocycles. The van der Waals surface area contributed by atoms with Crippen LogP contribution in [0.4, 0.5) is 0 Å². The minimum absolute atomic E-state index is 0.0777. The van der Waals surface area contributed by atoms with Gasteiger partial charge in [-0.2, -0.15) is 0 Å². The van der Waals surface area contributed by atoms with Crippen molar-refractivity contribution in [2.24, 2.45) is 4.99 Å². The van der Waals surface area contributed by atoms with Crippen LogP contribution in [0.1, 0.15) is 12.5 Å². The Labute approximate surface area is 117 Å². The van der Waals surface area contributed by atoms with Crippen LogP contribution in [0.15, 0.2) is 22.8 Å². The number of carbonyl (C=O) groups excluding carboxylic acids is 1. The number of hydrogen-bond donors (Lipinski definition) is 1. The Balaban J connectivity index is 2.44. The number of halogens is 1. The van der Waals surface area contributed by atoms with Gasteiger partial charge in [0.1, 0.15) is 0 Å². The second kappa shape index (κ2) is 4.97. The van der Waals surface area contributed by atoms with Crippen molar-refractivity contribution in [1.29, 1.82) is 0 Å². The van der Waals surface area contributed by atoms with E-state index >= 15 is 0 Å². The van der Waals surface area contributed by atoms with Crippen LogP contribution >= 0.6 is 22.6 Å². The number of cyclic esters (lactones) is 1. The number of hydrogen-bond acceptors (Lipinski definition) is 5. The summed E-state index contributed by atoms with van der Waals surface area (Å²) in [5.74, 6) is 0.274. The zero-order valence-corrected chi connectivity index (χ0v) is 11.9. The molecule has 0 aromatic heterocycles. The Kier molecular flexibility index (Phi) is 3.55. The number of nitrogens with zero attached hydrogens (tertiary/aromatic N) is 1. The number of rotatable bonds is 2. The molecule has 0 aliphatic carbocycles. The molecule has 1 aliphatic rings. The normalized spacial score (nSPS) is 16.7. The molecule has 0 spiro atoms. The highest BCUT2D eigenvalue weighted by Crippen LogP contribution is 2.33. The number of methoxy groups -OCH3 is 1. The topological polar surface area (TPSA) is 68.1 Å². The number of esters is 1. The molecule has 0 saturated heterocycles. The van der Waals surface area contributed by atoms with Crippen molar-refractivity contribution >= 4 is 40.5 Å². The monoisotopic (exact) mass is 359 g/mol. The fourth-order valence-electron chi connectivity index (χ4n) is 1.51. The van der Waals surface area contributed by atoms with Crippen LogP contribution in [0.25, 0.3) is 6.08 Å². The van der Waals surface area contributed by atoms with Gasteiger partial charge in [0.2, 0.25) is 0 Å². The van der Waals surface area contributed by atoms with Crippen LogP contribution in [-0.2, 0) is 9.53 Å². The molecule has 5 nitrogen and oxygen atoms in total. The van der Waals surface area contributed by atoms with E-state index in [0.717, 1.165) is 0 Å². The van der Waals surface area contributed by atoms with Gasteiger partial charge < -0.3 is 14.6 Å². The lowest BCUT2D eigenvalue weighted by Crippen LogP contribution is -1.99. The average Bonchev–Trinajstić information content (AvgIpc) is 2.62. The van der Waals surface area contributed by atoms with E-state index in [1.165, 1.54) is 7.11 Å². The predicted octanol–water partition coefficient (Wildman–Crippen LogP) is 2.32. The minimum atomic E-state index is -0.477. The maximum Gasteiger partial charge on any atom is 0.363 e. The third-order valence-electron chi connectivity index (χ3n) is 2.30. The maximum absolute atomic E-state index is 11.4. The van der Waals surface area contributed by atoms with Gasteiger partial charge in [-0.3, -0.25) is 0 Å². The average molecular weight is 359 g/mol. The van der Waals surface area contributed by atoms with E-state index in [4.69, 9.17) is 9.47 Å². The van der Waals surface area contributed by atoms with Crippen LogP contribution < -0.4 is 4.74 Å². The number of phenolic OH excluding ortho intramolecular Hbond substituents is 1. The van der Waals surface area contributed by atoms with Crippen molar-refractivity contribution in [2.75, 3.05) is 7.11 Å². The largest absolute Gasteiger partial charge is 0.504 e. The van der Waals surface area contributed by atoms with Gasteiger partial charge in [0.05, 0.1) is 10.7 Å². The zero-order valence-electron chi connectivity index (χ0n) is 9.73. The first-order valence-electron chi connectivity index (χ1n) is 5.07. The molecule has 6 heteroatoms. The van der Waals surface area contributed by atoms with Gasteiger partial charge >= 0.3 is 5.97 Å². The summed E-state index contributed by atoms with van der Waals surface area (Å²) in [4.78, 5) is 15.4. The highest BCUT2D eigenvalue weighted by molar-refractivity contribution is 14.1. The van der Waals surface area contributed by atoms with Crippen molar-refractivity contribution < 1.29 is 19.4 Å². The number of ether oxygens (including phenoxy) is 2. The van der Waals surface area contributed by atoms with E-state index in [0.29, 0.717) is 20.8 Å². The van der Waals surface area contributed by atoms with E-state index in [1.54, 1.807) is 25.1 Å². The number of phenols is 1. The maximum atomic E-state index is 11.4. The molecule has 0 radical (unpaired) electrons. The molecule has 1 N–H and O–H groups in total. The second-order valence-electron chi connectivity index (χ2n) is 3.60. The van der Waals surface area contributed by atoms with Gasteiger partial charge in [0.25, 0.3) is 0 Å². The lowest BCUT2D eigenvalue weighted by molar-refractivity contribution is -0.130. The first-order chi connectivity index (χ1) is 8.51. The molecule has 18 heavy (non-hydrogen) atoms. The van der Waals surface area contributed by atoms with Crippen LogP contribution in [0.5, 0.6) is 11.5 Å². The zero-order chi connectivity index (χ0) is 13.3. The van der Waals surface area contributed by atoms with Gasteiger partial charge in [0, 0.05) is 6.92 Å². The summed E-state index contributed by atoms with van der Waals surface area (Å²) in [6.07, 6.45) is 1.59. The Morgan fingerprint density at radius 3 is 2.78 bits per heavy atom. The van der Waals surface area contributed by atoms with Crippen LogP contribution in [0, 0.1) is 3.57 Å².